The molecule has 1 amide bonds. The summed E-state index contributed by atoms with van der Waals surface area (Å²) >= 11 is 0. The maximum absolute atomic E-state index is 12.1. The van der Waals surface area contributed by atoms with Crippen LogP contribution in [0.3, 0.4) is 0 Å². The molecule has 122 valence electrons. The number of aryl methyl sites for hydroxylation is 1. The Bertz CT molecular complexity index is 642. The number of nitrogens with zero attached hydrogens (tertiary/aromatic N) is 2. The molecule has 0 atom stereocenters. The molecule has 0 saturated heterocycles. The van der Waals surface area contributed by atoms with Gasteiger partial charge in [-0.25, -0.2) is 9.97 Å². The second-order valence-corrected chi connectivity index (χ2v) is 5.51. The number of anilines is 1. The molecule has 0 fully saturated rings. The molecular weight excluding hydrogens is 288 g/mol. The van der Waals surface area contributed by atoms with Crippen molar-refractivity contribution in [3.63, 3.8) is 0 Å². The van der Waals surface area contributed by atoms with E-state index in [9.17, 15) is 4.79 Å². The molecule has 0 bridgehead atoms. The number of rotatable bonds is 8. The largest absolute Gasteiger partial charge is 0.351 e. The molecule has 2 aromatic rings. The lowest BCUT2D eigenvalue weighted by molar-refractivity contribution is 0.0948. The van der Waals surface area contributed by atoms with Gasteiger partial charge < -0.3 is 10.6 Å². The van der Waals surface area contributed by atoms with Gasteiger partial charge in [-0.3, -0.25) is 4.79 Å². The minimum absolute atomic E-state index is 0.151. The van der Waals surface area contributed by atoms with Gasteiger partial charge in [0.1, 0.15) is 5.69 Å². The number of unbranched alkanes of at least 4 members (excludes halogenated alkanes) is 2. The van der Waals surface area contributed by atoms with E-state index in [2.05, 4.69) is 46.6 Å². The second-order valence-electron chi connectivity index (χ2n) is 5.51. The van der Waals surface area contributed by atoms with Crippen LogP contribution in [-0.4, -0.2) is 22.4 Å². The zero-order valence-corrected chi connectivity index (χ0v) is 13.8. The first-order valence-electron chi connectivity index (χ1n) is 8.10. The van der Waals surface area contributed by atoms with E-state index in [0.29, 0.717) is 24.7 Å². The molecule has 0 aliphatic heterocycles. The van der Waals surface area contributed by atoms with E-state index in [1.54, 1.807) is 12.3 Å². The summed E-state index contributed by atoms with van der Waals surface area (Å²) in [6.45, 7) is 5.52. The Morgan fingerprint density at radius 2 is 2.00 bits per heavy atom. The maximum Gasteiger partial charge on any atom is 0.270 e. The van der Waals surface area contributed by atoms with Gasteiger partial charge in [-0.2, -0.15) is 0 Å². The van der Waals surface area contributed by atoms with E-state index < -0.39 is 0 Å². The van der Waals surface area contributed by atoms with Crippen LogP contribution in [0, 0.1) is 6.92 Å². The summed E-state index contributed by atoms with van der Waals surface area (Å²) in [7, 11) is 0. The summed E-state index contributed by atoms with van der Waals surface area (Å²) < 4.78 is 0. The number of nitrogens with one attached hydrogen (secondary N) is 2. The smallest absolute Gasteiger partial charge is 0.270 e. The van der Waals surface area contributed by atoms with Crippen molar-refractivity contribution in [1.29, 1.82) is 0 Å². The Labute approximate surface area is 137 Å². The summed E-state index contributed by atoms with van der Waals surface area (Å²) in [5, 5.41) is 6.06. The summed E-state index contributed by atoms with van der Waals surface area (Å²) in [5.41, 5.74) is 2.79. The van der Waals surface area contributed by atoms with E-state index in [-0.39, 0.29) is 5.91 Å². The summed E-state index contributed by atoms with van der Waals surface area (Å²) in [5.74, 6) is 0.317. The van der Waals surface area contributed by atoms with Gasteiger partial charge in [0.05, 0.1) is 0 Å². The average molecular weight is 312 g/mol. The Balaban J connectivity index is 1.91. The van der Waals surface area contributed by atoms with Crippen LogP contribution in [0.1, 0.15) is 47.8 Å². The van der Waals surface area contributed by atoms with Crippen LogP contribution in [0.15, 0.2) is 36.5 Å². The molecule has 0 radical (unpaired) electrons. The molecule has 1 aromatic carbocycles. The normalized spacial score (nSPS) is 10.3. The van der Waals surface area contributed by atoms with Crippen molar-refractivity contribution in [2.24, 2.45) is 0 Å². The molecule has 5 heteroatoms. The van der Waals surface area contributed by atoms with Gasteiger partial charge in [0.2, 0.25) is 5.95 Å². The minimum atomic E-state index is -0.151. The van der Waals surface area contributed by atoms with Crippen molar-refractivity contribution in [3.05, 3.63) is 53.3 Å². The Hall–Kier alpha value is -2.43. The SMILES string of the molecule is CCCCCNC(=O)c1ccnc(NCc2ccccc2C)n1. The van der Waals surface area contributed by atoms with Crippen molar-refractivity contribution >= 4 is 11.9 Å². The number of benzene rings is 1. The van der Waals surface area contributed by atoms with E-state index in [0.717, 1.165) is 19.3 Å². The van der Waals surface area contributed by atoms with Crippen molar-refractivity contribution in [2.45, 2.75) is 39.7 Å². The predicted octanol–water partition coefficient (Wildman–Crippen LogP) is 3.32. The second kappa shape index (κ2) is 8.88. The maximum atomic E-state index is 12.1. The number of aromatic nitrogens is 2. The van der Waals surface area contributed by atoms with Gasteiger partial charge in [0.15, 0.2) is 0 Å². The third-order valence-electron chi connectivity index (χ3n) is 3.65. The van der Waals surface area contributed by atoms with Gasteiger partial charge in [-0.1, -0.05) is 44.0 Å². The first-order valence-corrected chi connectivity index (χ1v) is 8.10. The first-order chi connectivity index (χ1) is 11.2. The lowest BCUT2D eigenvalue weighted by atomic mass is 10.1. The van der Waals surface area contributed by atoms with E-state index in [4.69, 9.17) is 0 Å². The van der Waals surface area contributed by atoms with Crippen molar-refractivity contribution < 1.29 is 4.79 Å². The highest BCUT2D eigenvalue weighted by molar-refractivity contribution is 5.92. The lowest BCUT2D eigenvalue weighted by Gasteiger charge is -2.09. The highest BCUT2D eigenvalue weighted by atomic mass is 16.1. The molecule has 0 unspecified atom stereocenters. The number of carbonyl (C=O) groups excluding carboxylic acids is 1. The number of carbonyl (C=O) groups is 1. The minimum Gasteiger partial charge on any atom is -0.351 e. The van der Waals surface area contributed by atoms with E-state index >= 15 is 0 Å². The third-order valence-corrected chi connectivity index (χ3v) is 3.65. The van der Waals surface area contributed by atoms with Crippen LogP contribution in [0.4, 0.5) is 5.95 Å². The summed E-state index contributed by atoms with van der Waals surface area (Å²) in [6.07, 6.45) is 4.85. The van der Waals surface area contributed by atoms with E-state index in [1.165, 1.54) is 11.1 Å². The third kappa shape index (κ3) is 5.36. The Morgan fingerprint density at radius 1 is 1.17 bits per heavy atom. The van der Waals surface area contributed by atoms with Gasteiger partial charge in [0.25, 0.3) is 5.91 Å². The zero-order chi connectivity index (χ0) is 16.5. The molecular formula is C18H24N4O. The Morgan fingerprint density at radius 3 is 2.78 bits per heavy atom. The topological polar surface area (TPSA) is 66.9 Å². The number of hydrogen-bond acceptors (Lipinski definition) is 4. The summed E-state index contributed by atoms with van der Waals surface area (Å²) in [4.78, 5) is 20.5. The number of hydrogen-bond donors (Lipinski definition) is 2. The van der Waals surface area contributed by atoms with Crippen molar-refractivity contribution in [2.75, 3.05) is 11.9 Å². The van der Waals surface area contributed by atoms with E-state index in [1.807, 2.05) is 12.1 Å². The molecule has 0 aliphatic rings. The molecule has 1 heterocycles. The van der Waals surface area contributed by atoms with Crippen LogP contribution in [-0.2, 0) is 6.54 Å². The van der Waals surface area contributed by atoms with Gasteiger partial charge in [0, 0.05) is 19.3 Å². The quantitative estimate of drug-likeness (QED) is 0.734. The monoisotopic (exact) mass is 312 g/mol. The molecule has 23 heavy (non-hydrogen) atoms. The van der Waals surface area contributed by atoms with Crippen molar-refractivity contribution in [3.8, 4) is 0 Å². The molecule has 0 spiro atoms. The van der Waals surface area contributed by atoms with Crippen LogP contribution in [0.2, 0.25) is 0 Å². The van der Waals surface area contributed by atoms with Crippen LogP contribution in [0.25, 0.3) is 0 Å². The predicted molar refractivity (Wildman–Crippen MR) is 92.4 cm³/mol. The number of amides is 1. The zero-order valence-electron chi connectivity index (χ0n) is 13.8. The standard InChI is InChI=1S/C18H24N4O/c1-3-4-7-11-19-17(23)16-10-12-20-18(22-16)21-13-15-9-6-5-8-14(15)2/h5-6,8-10,12H,3-4,7,11,13H2,1-2H3,(H,19,23)(H,20,21,22). The fourth-order valence-electron chi connectivity index (χ4n) is 2.22. The van der Waals surface area contributed by atoms with Crippen LogP contribution < -0.4 is 10.6 Å². The van der Waals surface area contributed by atoms with Crippen LogP contribution in [0.5, 0.6) is 0 Å². The highest BCUT2D eigenvalue weighted by Gasteiger charge is 2.08. The van der Waals surface area contributed by atoms with Gasteiger partial charge in [-0.05, 0) is 30.5 Å². The fourth-order valence-corrected chi connectivity index (χ4v) is 2.22. The molecule has 2 rings (SSSR count). The van der Waals surface area contributed by atoms with Crippen molar-refractivity contribution in [1.82, 2.24) is 15.3 Å². The Kier molecular flexibility index (Phi) is 6.54. The van der Waals surface area contributed by atoms with Gasteiger partial charge >= 0.3 is 0 Å². The molecule has 0 saturated carbocycles. The van der Waals surface area contributed by atoms with Gasteiger partial charge in [-0.15, -0.1) is 0 Å². The fraction of sp³-hybridized carbons (Fsp3) is 0.389. The molecule has 2 N–H and O–H groups in total. The summed E-state index contributed by atoms with van der Waals surface area (Å²) in [6, 6.07) is 9.78. The lowest BCUT2D eigenvalue weighted by Crippen LogP contribution is -2.25. The van der Waals surface area contributed by atoms with Crippen LogP contribution >= 0.6 is 0 Å². The molecule has 5 nitrogen and oxygen atoms in total. The molecule has 0 aliphatic carbocycles. The molecule has 1 aromatic heterocycles. The first kappa shape index (κ1) is 16.9. The average Bonchev–Trinajstić information content (AvgIpc) is 2.58. The highest BCUT2D eigenvalue weighted by Crippen LogP contribution is 2.09.